The summed E-state index contributed by atoms with van der Waals surface area (Å²) >= 11 is 1.56. The summed E-state index contributed by atoms with van der Waals surface area (Å²) in [5.74, 6) is 0.228. The standard InChI is InChI=1S/C15H24N2O3S2/c1-3-4-5-11-22(19,20)16-12-8-9-14(18)17(2)15(12)13-7-6-10-21-13/h6-7,10,12,15-16H,3-5,8-9,11H2,1-2H3/t12-,15+/m1/s1. The Balaban J connectivity index is 2.12. The molecule has 0 aliphatic carbocycles. The molecule has 2 heterocycles. The summed E-state index contributed by atoms with van der Waals surface area (Å²) in [5.41, 5.74) is 0. The Labute approximate surface area is 136 Å². The van der Waals surface area contributed by atoms with Crippen LogP contribution in [0.25, 0.3) is 0 Å². The zero-order chi connectivity index (χ0) is 16.2. The molecular weight excluding hydrogens is 320 g/mol. The molecule has 7 heteroatoms. The van der Waals surface area contributed by atoms with Crippen LogP contribution in [-0.2, 0) is 14.8 Å². The number of nitrogens with one attached hydrogen (secondary N) is 1. The number of nitrogens with zero attached hydrogens (tertiary/aromatic N) is 1. The lowest BCUT2D eigenvalue weighted by Crippen LogP contribution is -2.50. The number of carbonyl (C=O) groups is 1. The highest BCUT2D eigenvalue weighted by Gasteiger charge is 2.37. The van der Waals surface area contributed by atoms with Gasteiger partial charge in [0.25, 0.3) is 0 Å². The van der Waals surface area contributed by atoms with Gasteiger partial charge in [-0.3, -0.25) is 4.79 Å². The van der Waals surface area contributed by atoms with Gasteiger partial charge < -0.3 is 4.90 Å². The largest absolute Gasteiger partial charge is 0.336 e. The molecule has 1 N–H and O–H groups in total. The predicted molar refractivity (Wildman–Crippen MR) is 89.3 cm³/mol. The molecule has 0 spiro atoms. The Bertz CT molecular complexity index is 584. The molecule has 1 aliphatic rings. The number of likely N-dealkylation sites (N-methyl/N-ethyl adjacent to an activating group) is 1. The first-order valence-electron chi connectivity index (χ1n) is 7.73. The van der Waals surface area contributed by atoms with Crippen LogP contribution in [0.1, 0.15) is 49.9 Å². The van der Waals surface area contributed by atoms with Gasteiger partial charge >= 0.3 is 0 Å². The summed E-state index contributed by atoms with van der Waals surface area (Å²) in [7, 11) is -1.55. The van der Waals surface area contributed by atoms with Gasteiger partial charge in [-0.15, -0.1) is 11.3 Å². The van der Waals surface area contributed by atoms with Gasteiger partial charge in [0.2, 0.25) is 15.9 Å². The van der Waals surface area contributed by atoms with Crippen molar-refractivity contribution in [3.05, 3.63) is 22.4 Å². The monoisotopic (exact) mass is 344 g/mol. The minimum atomic E-state index is -3.30. The van der Waals surface area contributed by atoms with Gasteiger partial charge in [-0.2, -0.15) is 0 Å². The molecule has 0 radical (unpaired) electrons. The van der Waals surface area contributed by atoms with E-state index < -0.39 is 10.0 Å². The Morgan fingerprint density at radius 2 is 2.18 bits per heavy atom. The SMILES string of the molecule is CCCCCS(=O)(=O)N[C@@H]1CCC(=O)N(C)[C@@H]1c1cccs1. The van der Waals surface area contributed by atoms with Crippen molar-refractivity contribution in [3.63, 3.8) is 0 Å². The van der Waals surface area contributed by atoms with E-state index in [1.165, 1.54) is 0 Å². The maximum absolute atomic E-state index is 12.3. The zero-order valence-electron chi connectivity index (χ0n) is 13.1. The van der Waals surface area contributed by atoms with Gasteiger partial charge in [0.1, 0.15) is 0 Å². The van der Waals surface area contributed by atoms with Crippen molar-refractivity contribution in [1.29, 1.82) is 0 Å². The number of thiophene rings is 1. The number of carbonyl (C=O) groups excluding carboxylic acids is 1. The third-order valence-corrected chi connectivity index (χ3v) is 6.47. The van der Waals surface area contributed by atoms with Crippen molar-refractivity contribution in [3.8, 4) is 0 Å². The smallest absolute Gasteiger partial charge is 0.222 e. The molecule has 1 aliphatic heterocycles. The molecule has 1 aromatic rings. The summed E-state index contributed by atoms with van der Waals surface area (Å²) < 4.78 is 27.4. The Hall–Kier alpha value is -0.920. The molecule has 124 valence electrons. The molecule has 0 unspecified atom stereocenters. The number of hydrogen-bond donors (Lipinski definition) is 1. The third-order valence-electron chi connectivity index (χ3n) is 4.04. The Morgan fingerprint density at radius 3 is 2.82 bits per heavy atom. The second kappa shape index (κ2) is 7.57. The number of piperidine rings is 1. The van der Waals surface area contributed by atoms with E-state index in [0.717, 1.165) is 17.7 Å². The summed E-state index contributed by atoms with van der Waals surface area (Å²) in [6.45, 7) is 2.05. The number of sulfonamides is 1. The van der Waals surface area contributed by atoms with E-state index in [0.29, 0.717) is 19.3 Å². The molecule has 0 saturated carbocycles. The van der Waals surface area contributed by atoms with Crippen molar-refractivity contribution < 1.29 is 13.2 Å². The normalized spacial score (nSPS) is 23.0. The molecule has 1 saturated heterocycles. The molecule has 5 nitrogen and oxygen atoms in total. The molecule has 22 heavy (non-hydrogen) atoms. The molecule has 0 aromatic carbocycles. The van der Waals surface area contributed by atoms with E-state index in [1.54, 1.807) is 23.3 Å². The van der Waals surface area contributed by atoms with Crippen LogP contribution in [0.2, 0.25) is 0 Å². The van der Waals surface area contributed by atoms with Crippen LogP contribution in [0.4, 0.5) is 0 Å². The third kappa shape index (κ3) is 4.30. The lowest BCUT2D eigenvalue weighted by atomic mass is 9.96. The van der Waals surface area contributed by atoms with Crippen LogP contribution in [0.5, 0.6) is 0 Å². The number of likely N-dealkylation sites (tertiary alicyclic amines) is 1. The van der Waals surface area contributed by atoms with Crippen LogP contribution in [0.3, 0.4) is 0 Å². The molecular formula is C15H24N2O3S2. The fourth-order valence-corrected chi connectivity index (χ4v) is 5.19. The highest BCUT2D eigenvalue weighted by atomic mass is 32.2. The maximum atomic E-state index is 12.3. The molecule has 0 bridgehead atoms. The highest BCUT2D eigenvalue weighted by Crippen LogP contribution is 2.33. The van der Waals surface area contributed by atoms with Gasteiger partial charge in [-0.25, -0.2) is 13.1 Å². The molecule has 2 rings (SSSR count). The van der Waals surface area contributed by atoms with E-state index >= 15 is 0 Å². The Kier molecular flexibility index (Phi) is 6.00. The van der Waals surface area contributed by atoms with E-state index in [-0.39, 0.29) is 23.7 Å². The maximum Gasteiger partial charge on any atom is 0.222 e. The average Bonchev–Trinajstić information content (AvgIpc) is 2.97. The predicted octanol–water partition coefficient (Wildman–Crippen LogP) is 2.52. The van der Waals surface area contributed by atoms with Crippen molar-refractivity contribution >= 4 is 27.3 Å². The first kappa shape index (κ1) is 17.4. The minimum absolute atomic E-state index is 0.0693. The first-order chi connectivity index (χ1) is 10.4. The number of rotatable bonds is 7. The number of hydrogen-bond acceptors (Lipinski definition) is 4. The van der Waals surface area contributed by atoms with Crippen LogP contribution >= 0.6 is 11.3 Å². The summed E-state index contributed by atoms with van der Waals surface area (Å²) in [4.78, 5) is 14.7. The van der Waals surface area contributed by atoms with E-state index in [1.807, 2.05) is 17.5 Å². The van der Waals surface area contributed by atoms with Gasteiger partial charge in [-0.05, 0) is 24.3 Å². The summed E-state index contributed by atoms with van der Waals surface area (Å²) in [6.07, 6.45) is 3.53. The van der Waals surface area contributed by atoms with Gasteiger partial charge in [0.15, 0.2) is 0 Å². The second-order valence-electron chi connectivity index (χ2n) is 5.75. The highest BCUT2D eigenvalue weighted by molar-refractivity contribution is 7.89. The zero-order valence-corrected chi connectivity index (χ0v) is 14.8. The lowest BCUT2D eigenvalue weighted by molar-refractivity contribution is -0.135. The molecule has 2 atom stereocenters. The quantitative estimate of drug-likeness (QED) is 0.773. The molecule has 1 fully saturated rings. The fourth-order valence-electron chi connectivity index (χ4n) is 2.84. The second-order valence-corrected chi connectivity index (χ2v) is 8.61. The summed E-state index contributed by atoms with van der Waals surface area (Å²) in [6, 6.07) is 3.44. The fraction of sp³-hybridized carbons (Fsp3) is 0.667. The number of unbranched alkanes of at least 4 members (excludes halogenated alkanes) is 2. The van der Waals surface area contributed by atoms with Crippen molar-refractivity contribution in [2.24, 2.45) is 0 Å². The first-order valence-corrected chi connectivity index (χ1v) is 10.3. The van der Waals surface area contributed by atoms with E-state index in [4.69, 9.17) is 0 Å². The van der Waals surface area contributed by atoms with Crippen molar-refractivity contribution in [1.82, 2.24) is 9.62 Å². The topological polar surface area (TPSA) is 66.5 Å². The van der Waals surface area contributed by atoms with Crippen molar-refractivity contribution in [2.45, 2.75) is 51.1 Å². The van der Waals surface area contributed by atoms with Crippen molar-refractivity contribution in [2.75, 3.05) is 12.8 Å². The van der Waals surface area contributed by atoms with Crippen LogP contribution in [0, 0.1) is 0 Å². The summed E-state index contributed by atoms with van der Waals surface area (Å²) in [5, 5.41) is 1.95. The van der Waals surface area contributed by atoms with Crippen LogP contribution < -0.4 is 4.72 Å². The average molecular weight is 345 g/mol. The van der Waals surface area contributed by atoms with E-state index in [9.17, 15) is 13.2 Å². The lowest BCUT2D eigenvalue weighted by Gasteiger charge is -2.38. The van der Waals surface area contributed by atoms with Crippen LogP contribution in [0.15, 0.2) is 17.5 Å². The number of amides is 1. The van der Waals surface area contributed by atoms with Gasteiger partial charge in [-0.1, -0.05) is 25.8 Å². The van der Waals surface area contributed by atoms with Crippen LogP contribution in [-0.4, -0.2) is 38.1 Å². The molecule has 1 aromatic heterocycles. The van der Waals surface area contributed by atoms with Gasteiger partial charge in [0, 0.05) is 24.4 Å². The van der Waals surface area contributed by atoms with E-state index in [2.05, 4.69) is 11.6 Å². The Morgan fingerprint density at radius 1 is 1.41 bits per heavy atom. The molecule has 1 amide bonds. The minimum Gasteiger partial charge on any atom is -0.336 e. The van der Waals surface area contributed by atoms with Gasteiger partial charge in [0.05, 0.1) is 11.8 Å².